The molecule has 9 heteroatoms. The Morgan fingerprint density at radius 1 is 0.744 bits per heavy atom. The van der Waals surface area contributed by atoms with Crippen molar-refractivity contribution in [1.29, 1.82) is 0 Å². The van der Waals surface area contributed by atoms with Crippen LogP contribution in [0.4, 0.5) is 0 Å². The van der Waals surface area contributed by atoms with E-state index in [1.54, 1.807) is 24.3 Å². The number of nitrogens with one attached hydrogen (secondary N) is 3. The molecule has 0 aliphatic carbocycles. The van der Waals surface area contributed by atoms with Gasteiger partial charge in [0.05, 0.1) is 6.04 Å². The van der Waals surface area contributed by atoms with Gasteiger partial charge in [-0.1, -0.05) is 94.8 Å². The fourth-order valence-electron chi connectivity index (χ4n) is 4.21. The summed E-state index contributed by atoms with van der Waals surface area (Å²) in [6, 6.07) is 14.5. The van der Waals surface area contributed by atoms with Gasteiger partial charge in [-0.2, -0.15) is 0 Å². The van der Waals surface area contributed by atoms with Gasteiger partial charge in [0.1, 0.15) is 18.1 Å². The van der Waals surface area contributed by atoms with E-state index in [0.717, 1.165) is 11.1 Å². The summed E-state index contributed by atoms with van der Waals surface area (Å²) in [6.45, 7) is 7.55. The average molecular weight is 539 g/mol. The first kappa shape index (κ1) is 31.5. The first-order valence-electron chi connectivity index (χ1n) is 13.5. The summed E-state index contributed by atoms with van der Waals surface area (Å²) >= 11 is 0. The number of aliphatic carboxylic acids is 1. The molecule has 0 radical (unpaired) electrons. The summed E-state index contributed by atoms with van der Waals surface area (Å²) in [6.07, 6.45) is 1.32. The first-order chi connectivity index (χ1) is 18.5. The number of rotatable bonds is 15. The van der Waals surface area contributed by atoms with Gasteiger partial charge >= 0.3 is 5.97 Å². The van der Waals surface area contributed by atoms with Crippen molar-refractivity contribution in [3.8, 4) is 0 Å². The lowest BCUT2D eigenvalue weighted by molar-refractivity contribution is -0.142. The molecule has 2 aromatic rings. The molecule has 0 spiro atoms. The number of nitrogens with two attached hydrogens (primary N) is 1. The van der Waals surface area contributed by atoms with E-state index in [2.05, 4.69) is 16.0 Å². The van der Waals surface area contributed by atoms with Crippen LogP contribution in [0.1, 0.15) is 51.7 Å². The molecule has 3 amide bonds. The van der Waals surface area contributed by atoms with Gasteiger partial charge < -0.3 is 26.8 Å². The highest BCUT2D eigenvalue weighted by Crippen LogP contribution is 2.12. The quantitative estimate of drug-likeness (QED) is 0.235. The van der Waals surface area contributed by atoms with Gasteiger partial charge in [0, 0.05) is 6.42 Å². The SMILES string of the molecule is CCC(C)C(NC(=O)C(N)Cc1ccccc1)C(=O)NC(CC(C)C)C(=O)NC(Cc1ccccc1)C(=O)O. The second kappa shape index (κ2) is 15.6. The van der Waals surface area contributed by atoms with E-state index in [-0.39, 0.29) is 18.3 Å². The molecule has 5 atom stereocenters. The number of hydrogen-bond donors (Lipinski definition) is 5. The van der Waals surface area contributed by atoms with Crippen molar-refractivity contribution in [2.24, 2.45) is 17.6 Å². The number of carbonyl (C=O) groups is 4. The van der Waals surface area contributed by atoms with Crippen LogP contribution in [0.25, 0.3) is 0 Å². The molecule has 39 heavy (non-hydrogen) atoms. The van der Waals surface area contributed by atoms with Crippen LogP contribution in [0, 0.1) is 11.8 Å². The number of amides is 3. The molecule has 2 aromatic carbocycles. The number of carboxylic acids is 1. The van der Waals surface area contributed by atoms with Crippen LogP contribution in [0.5, 0.6) is 0 Å². The topological polar surface area (TPSA) is 151 Å². The fraction of sp³-hybridized carbons (Fsp3) is 0.467. The monoisotopic (exact) mass is 538 g/mol. The Bertz CT molecular complexity index is 1080. The molecule has 0 saturated carbocycles. The third kappa shape index (κ3) is 10.5. The third-order valence-electron chi connectivity index (χ3n) is 6.67. The van der Waals surface area contributed by atoms with Crippen LogP contribution in [0.2, 0.25) is 0 Å². The largest absolute Gasteiger partial charge is 0.480 e. The number of benzene rings is 2. The molecular weight excluding hydrogens is 496 g/mol. The highest BCUT2D eigenvalue weighted by atomic mass is 16.4. The zero-order valence-electron chi connectivity index (χ0n) is 23.2. The molecule has 212 valence electrons. The standard InChI is InChI=1S/C30H42N4O5/c1-5-20(4)26(34-27(35)23(31)17-21-12-8-6-9-13-21)29(37)32-24(16-19(2)3)28(36)33-25(30(38)39)18-22-14-10-7-11-15-22/h6-15,19-20,23-26H,5,16-18,31H2,1-4H3,(H,32,37)(H,33,36)(H,34,35)(H,38,39). The Morgan fingerprint density at radius 2 is 1.26 bits per heavy atom. The van der Waals surface area contributed by atoms with E-state index in [1.807, 2.05) is 64.1 Å². The summed E-state index contributed by atoms with van der Waals surface area (Å²) in [5, 5.41) is 17.8. The molecule has 0 saturated heterocycles. The minimum atomic E-state index is -1.17. The molecule has 0 heterocycles. The van der Waals surface area contributed by atoms with Crippen LogP contribution >= 0.6 is 0 Å². The summed E-state index contributed by atoms with van der Waals surface area (Å²) in [4.78, 5) is 51.4. The molecule has 2 rings (SSSR count). The Kier molecular flexibility index (Phi) is 12.6. The number of carboxylic acid groups (broad SMARTS) is 1. The first-order valence-corrected chi connectivity index (χ1v) is 13.5. The van der Waals surface area contributed by atoms with Crippen LogP contribution in [-0.4, -0.2) is 53.0 Å². The number of hydrogen-bond acceptors (Lipinski definition) is 5. The normalized spacial score (nSPS) is 14.9. The Morgan fingerprint density at radius 3 is 1.74 bits per heavy atom. The van der Waals surface area contributed by atoms with Gasteiger partial charge in [0.15, 0.2) is 0 Å². The zero-order valence-corrected chi connectivity index (χ0v) is 23.2. The number of carbonyl (C=O) groups excluding carboxylic acids is 3. The van der Waals surface area contributed by atoms with E-state index in [0.29, 0.717) is 19.3 Å². The van der Waals surface area contributed by atoms with E-state index < -0.39 is 47.9 Å². The molecule has 6 N–H and O–H groups in total. The van der Waals surface area contributed by atoms with E-state index in [1.165, 1.54) is 0 Å². The minimum absolute atomic E-state index is 0.0365. The fourth-order valence-corrected chi connectivity index (χ4v) is 4.21. The van der Waals surface area contributed by atoms with Gasteiger partial charge in [0.25, 0.3) is 0 Å². The lowest BCUT2D eigenvalue weighted by Crippen LogP contribution is -2.59. The highest BCUT2D eigenvalue weighted by molar-refractivity contribution is 5.94. The Balaban J connectivity index is 2.13. The van der Waals surface area contributed by atoms with Gasteiger partial charge in [-0.25, -0.2) is 4.79 Å². The predicted octanol–water partition coefficient (Wildman–Crippen LogP) is 2.43. The molecule has 0 aliphatic heterocycles. The molecule has 5 unspecified atom stereocenters. The molecule has 0 bridgehead atoms. The smallest absolute Gasteiger partial charge is 0.326 e. The van der Waals surface area contributed by atoms with Gasteiger partial charge in [0.2, 0.25) is 17.7 Å². The molecule has 0 fully saturated rings. The van der Waals surface area contributed by atoms with Crippen molar-refractivity contribution in [2.45, 2.75) is 77.5 Å². The maximum Gasteiger partial charge on any atom is 0.326 e. The van der Waals surface area contributed by atoms with Crippen molar-refractivity contribution in [1.82, 2.24) is 16.0 Å². The summed E-state index contributed by atoms with van der Waals surface area (Å²) in [7, 11) is 0. The van der Waals surface area contributed by atoms with Crippen LogP contribution in [0.3, 0.4) is 0 Å². The van der Waals surface area contributed by atoms with Gasteiger partial charge in [-0.15, -0.1) is 0 Å². The maximum absolute atomic E-state index is 13.4. The summed E-state index contributed by atoms with van der Waals surface area (Å²) in [5.74, 6) is -2.92. The van der Waals surface area contributed by atoms with Crippen molar-refractivity contribution in [3.05, 3.63) is 71.8 Å². The average Bonchev–Trinajstić information content (AvgIpc) is 2.91. The third-order valence-corrected chi connectivity index (χ3v) is 6.67. The predicted molar refractivity (Wildman–Crippen MR) is 151 cm³/mol. The van der Waals surface area contributed by atoms with Crippen LogP contribution in [-0.2, 0) is 32.0 Å². The molecule has 0 aliphatic rings. The van der Waals surface area contributed by atoms with Crippen LogP contribution < -0.4 is 21.7 Å². The van der Waals surface area contributed by atoms with Gasteiger partial charge in [-0.3, -0.25) is 14.4 Å². The molecule has 9 nitrogen and oxygen atoms in total. The van der Waals surface area contributed by atoms with Crippen molar-refractivity contribution >= 4 is 23.7 Å². The van der Waals surface area contributed by atoms with E-state index in [4.69, 9.17) is 5.73 Å². The second-order valence-electron chi connectivity index (χ2n) is 10.4. The molecule has 0 aromatic heterocycles. The van der Waals surface area contributed by atoms with Crippen molar-refractivity contribution in [2.75, 3.05) is 0 Å². The zero-order chi connectivity index (χ0) is 28.9. The maximum atomic E-state index is 13.4. The van der Waals surface area contributed by atoms with E-state index >= 15 is 0 Å². The van der Waals surface area contributed by atoms with Gasteiger partial charge in [-0.05, 0) is 35.8 Å². The minimum Gasteiger partial charge on any atom is -0.480 e. The second-order valence-corrected chi connectivity index (χ2v) is 10.4. The van der Waals surface area contributed by atoms with E-state index in [9.17, 15) is 24.3 Å². The lowest BCUT2D eigenvalue weighted by atomic mass is 9.96. The lowest BCUT2D eigenvalue weighted by Gasteiger charge is -2.28. The van der Waals surface area contributed by atoms with Crippen molar-refractivity contribution in [3.63, 3.8) is 0 Å². The summed E-state index contributed by atoms with van der Waals surface area (Å²) < 4.78 is 0. The molecular formula is C30H42N4O5. The highest BCUT2D eigenvalue weighted by Gasteiger charge is 2.32. The van der Waals surface area contributed by atoms with Crippen molar-refractivity contribution < 1.29 is 24.3 Å². The van der Waals surface area contributed by atoms with Crippen LogP contribution in [0.15, 0.2) is 60.7 Å². The Labute approximate surface area is 230 Å². The Hall–Kier alpha value is -3.72. The summed E-state index contributed by atoms with van der Waals surface area (Å²) in [5.41, 5.74) is 7.81.